The van der Waals surface area contributed by atoms with Crippen molar-refractivity contribution >= 4 is 10.8 Å². The van der Waals surface area contributed by atoms with Gasteiger partial charge in [0.2, 0.25) is 0 Å². The molecule has 0 heterocycles. The molecule has 1 N–H and O–H groups in total. The summed E-state index contributed by atoms with van der Waals surface area (Å²) in [6.45, 7) is 8.11. The molecule has 0 atom stereocenters. The van der Waals surface area contributed by atoms with Crippen molar-refractivity contribution in [2.24, 2.45) is 0 Å². The van der Waals surface area contributed by atoms with E-state index < -0.39 is 0 Å². The molecule has 24 heavy (non-hydrogen) atoms. The van der Waals surface area contributed by atoms with Crippen molar-refractivity contribution in [3.05, 3.63) is 42.0 Å². The number of nitrogens with one attached hydrogen (secondary N) is 1. The van der Waals surface area contributed by atoms with E-state index >= 15 is 0 Å². The van der Waals surface area contributed by atoms with Crippen LogP contribution in [-0.2, 0) is 11.3 Å². The van der Waals surface area contributed by atoms with Gasteiger partial charge in [0.1, 0.15) is 12.4 Å². The van der Waals surface area contributed by atoms with E-state index in [0.29, 0.717) is 13.2 Å². The van der Waals surface area contributed by atoms with Crippen molar-refractivity contribution in [3.63, 3.8) is 0 Å². The predicted molar refractivity (Wildman–Crippen MR) is 102 cm³/mol. The van der Waals surface area contributed by atoms with Crippen LogP contribution in [0.4, 0.5) is 0 Å². The van der Waals surface area contributed by atoms with E-state index in [2.05, 4.69) is 48.6 Å². The van der Waals surface area contributed by atoms with Gasteiger partial charge in [-0.25, -0.2) is 0 Å². The number of fused-ring (bicyclic) bond motifs is 1. The van der Waals surface area contributed by atoms with Crippen molar-refractivity contribution in [1.82, 2.24) is 5.32 Å². The van der Waals surface area contributed by atoms with Crippen LogP contribution in [0.2, 0.25) is 0 Å². The van der Waals surface area contributed by atoms with Crippen molar-refractivity contribution in [1.29, 1.82) is 0 Å². The third kappa shape index (κ3) is 5.81. The van der Waals surface area contributed by atoms with E-state index in [4.69, 9.17) is 9.47 Å². The Morgan fingerprint density at radius 1 is 0.917 bits per heavy atom. The summed E-state index contributed by atoms with van der Waals surface area (Å²) in [6.07, 6.45) is 5.14. The molecule has 0 aromatic heterocycles. The van der Waals surface area contributed by atoms with Gasteiger partial charge in [-0.05, 0) is 36.7 Å². The monoisotopic (exact) mass is 329 g/mol. The first-order valence-electron chi connectivity index (χ1n) is 9.28. The van der Waals surface area contributed by atoms with E-state index in [-0.39, 0.29) is 0 Å². The highest BCUT2D eigenvalue weighted by atomic mass is 16.5. The van der Waals surface area contributed by atoms with Crippen LogP contribution >= 0.6 is 0 Å². The van der Waals surface area contributed by atoms with Crippen molar-refractivity contribution in [2.75, 3.05) is 26.4 Å². The Labute approximate surface area is 146 Å². The fraction of sp³-hybridized carbons (Fsp3) is 0.524. The first-order valence-corrected chi connectivity index (χ1v) is 9.28. The summed E-state index contributed by atoms with van der Waals surface area (Å²) in [5.41, 5.74) is 1.25. The zero-order valence-electron chi connectivity index (χ0n) is 15.1. The molecule has 0 bridgehead atoms. The summed E-state index contributed by atoms with van der Waals surface area (Å²) in [5, 5.41) is 6.12. The molecule has 0 aliphatic rings. The summed E-state index contributed by atoms with van der Waals surface area (Å²) < 4.78 is 11.4. The zero-order valence-corrected chi connectivity index (χ0v) is 15.1. The van der Waals surface area contributed by atoms with Crippen LogP contribution in [0, 0.1) is 0 Å². The van der Waals surface area contributed by atoms with Gasteiger partial charge in [-0.3, -0.25) is 0 Å². The van der Waals surface area contributed by atoms with E-state index in [1.54, 1.807) is 0 Å². The maximum absolute atomic E-state index is 5.98. The number of hydrogen-bond acceptors (Lipinski definition) is 3. The summed E-state index contributed by atoms with van der Waals surface area (Å²) in [4.78, 5) is 0. The average molecular weight is 329 g/mol. The lowest BCUT2D eigenvalue weighted by Gasteiger charge is -2.15. The highest BCUT2D eigenvalue weighted by Crippen LogP contribution is 2.28. The molecule has 2 aromatic carbocycles. The van der Waals surface area contributed by atoms with E-state index in [1.807, 2.05) is 6.92 Å². The third-order valence-corrected chi connectivity index (χ3v) is 4.20. The maximum Gasteiger partial charge on any atom is 0.124 e. The van der Waals surface area contributed by atoms with E-state index in [0.717, 1.165) is 25.4 Å². The topological polar surface area (TPSA) is 30.5 Å². The van der Waals surface area contributed by atoms with Gasteiger partial charge >= 0.3 is 0 Å². The summed E-state index contributed by atoms with van der Waals surface area (Å²) >= 11 is 0. The molecule has 0 saturated carbocycles. The largest absolute Gasteiger partial charge is 0.491 e. The lowest BCUT2D eigenvalue weighted by molar-refractivity contribution is 0.110. The second-order valence-corrected chi connectivity index (χ2v) is 6.05. The number of benzene rings is 2. The molecule has 0 radical (unpaired) electrons. The van der Waals surface area contributed by atoms with Gasteiger partial charge in [0.15, 0.2) is 0 Å². The minimum atomic E-state index is 0.593. The molecular weight excluding hydrogens is 298 g/mol. The Hall–Kier alpha value is -1.58. The first kappa shape index (κ1) is 18.8. The number of ether oxygens (including phenoxy) is 2. The van der Waals surface area contributed by atoms with Crippen molar-refractivity contribution < 1.29 is 9.47 Å². The molecule has 132 valence electrons. The van der Waals surface area contributed by atoms with Gasteiger partial charge in [-0.2, -0.15) is 0 Å². The molecule has 2 rings (SSSR count). The SMILES string of the molecule is CCCCCCNCc1c(OCCOCC)ccc2ccccc12. The molecule has 3 nitrogen and oxygen atoms in total. The fourth-order valence-electron chi connectivity index (χ4n) is 2.88. The number of rotatable bonds is 12. The van der Waals surface area contributed by atoms with Crippen LogP contribution in [0.5, 0.6) is 5.75 Å². The normalized spacial score (nSPS) is 11.1. The molecule has 3 heteroatoms. The second kappa shape index (κ2) is 11.1. The van der Waals surface area contributed by atoms with Gasteiger partial charge in [0.25, 0.3) is 0 Å². The Morgan fingerprint density at radius 3 is 2.62 bits per heavy atom. The van der Waals surface area contributed by atoms with Crippen LogP contribution in [0.1, 0.15) is 45.1 Å². The summed E-state index contributed by atoms with van der Waals surface area (Å²) in [6, 6.07) is 12.7. The third-order valence-electron chi connectivity index (χ3n) is 4.20. The maximum atomic E-state index is 5.98. The Balaban J connectivity index is 2.02. The van der Waals surface area contributed by atoms with Gasteiger partial charge in [0, 0.05) is 18.7 Å². The molecule has 2 aromatic rings. The smallest absolute Gasteiger partial charge is 0.124 e. The lowest BCUT2D eigenvalue weighted by atomic mass is 10.0. The van der Waals surface area contributed by atoms with Crippen LogP contribution in [0.25, 0.3) is 10.8 Å². The average Bonchev–Trinajstić information content (AvgIpc) is 2.62. The standard InChI is InChI=1S/C21H31NO2/c1-3-5-6-9-14-22-17-20-19-11-8-7-10-18(19)12-13-21(20)24-16-15-23-4-2/h7-8,10-13,22H,3-6,9,14-17H2,1-2H3. The minimum absolute atomic E-state index is 0.593. The van der Waals surface area contributed by atoms with Gasteiger partial charge in [-0.1, -0.05) is 56.5 Å². The minimum Gasteiger partial charge on any atom is -0.491 e. The quantitative estimate of drug-likeness (QED) is 0.560. The number of hydrogen-bond donors (Lipinski definition) is 1. The molecule has 0 fully saturated rings. The first-order chi connectivity index (χ1) is 11.9. The molecule has 0 spiro atoms. The Morgan fingerprint density at radius 2 is 1.79 bits per heavy atom. The lowest BCUT2D eigenvalue weighted by Crippen LogP contribution is -2.16. The Bertz CT molecular complexity index is 597. The molecule has 0 saturated heterocycles. The predicted octanol–water partition coefficient (Wildman–Crippen LogP) is 4.93. The van der Waals surface area contributed by atoms with Crippen molar-refractivity contribution in [3.8, 4) is 5.75 Å². The zero-order chi connectivity index (χ0) is 17.0. The van der Waals surface area contributed by atoms with Crippen LogP contribution in [-0.4, -0.2) is 26.4 Å². The molecular formula is C21H31NO2. The fourth-order valence-corrected chi connectivity index (χ4v) is 2.88. The molecule has 0 amide bonds. The number of unbranched alkanes of at least 4 members (excludes halogenated alkanes) is 3. The summed E-state index contributed by atoms with van der Waals surface area (Å²) in [5.74, 6) is 0.967. The van der Waals surface area contributed by atoms with E-state index in [9.17, 15) is 0 Å². The molecule has 0 unspecified atom stereocenters. The van der Waals surface area contributed by atoms with Gasteiger partial charge in [-0.15, -0.1) is 0 Å². The molecule has 0 aliphatic carbocycles. The Kier molecular flexibility index (Phi) is 8.64. The van der Waals surface area contributed by atoms with E-state index in [1.165, 1.54) is 42.0 Å². The van der Waals surface area contributed by atoms with Crippen LogP contribution in [0.3, 0.4) is 0 Å². The summed E-state index contributed by atoms with van der Waals surface area (Å²) in [7, 11) is 0. The second-order valence-electron chi connectivity index (χ2n) is 6.05. The van der Waals surface area contributed by atoms with Gasteiger partial charge in [0.05, 0.1) is 6.61 Å². The van der Waals surface area contributed by atoms with Gasteiger partial charge < -0.3 is 14.8 Å². The highest BCUT2D eigenvalue weighted by molar-refractivity contribution is 5.87. The van der Waals surface area contributed by atoms with Crippen LogP contribution in [0.15, 0.2) is 36.4 Å². The van der Waals surface area contributed by atoms with Crippen molar-refractivity contribution in [2.45, 2.75) is 46.1 Å². The highest BCUT2D eigenvalue weighted by Gasteiger charge is 2.08. The molecule has 0 aliphatic heterocycles. The van der Waals surface area contributed by atoms with Crippen LogP contribution < -0.4 is 10.1 Å².